The SMILES string of the molecule is CCNC1(C(N)=O)CN(c2nc(-c3ccc(Cl)cc3)c(-c3ccc(Cl)cc3)c3nn(CC)c(=O)n23)C1. The summed E-state index contributed by atoms with van der Waals surface area (Å²) >= 11 is 12.3. The topological polar surface area (TPSA) is 111 Å². The molecule has 1 aliphatic heterocycles. The van der Waals surface area contributed by atoms with E-state index in [0.717, 1.165) is 11.1 Å². The highest BCUT2D eigenvalue weighted by Gasteiger charge is 2.49. The molecule has 0 atom stereocenters. The number of primary amides is 1. The van der Waals surface area contributed by atoms with Gasteiger partial charge in [0.25, 0.3) is 0 Å². The molecule has 9 nitrogen and oxygen atoms in total. The van der Waals surface area contributed by atoms with Gasteiger partial charge in [0.05, 0.1) is 11.3 Å². The average molecular weight is 526 g/mol. The minimum Gasteiger partial charge on any atom is -0.368 e. The van der Waals surface area contributed by atoms with Crippen molar-refractivity contribution in [3.05, 3.63) is 69.1 Å². The largest absolute Gasteiger partial charge is 0.368 e. The van der Waals surface area contributed by atoms with Crippen molar-refractivity contribution >= 4 is 40.7 Å². The Morgan fingerprint density at radius 1 is 1.03 bits per heavy atom. The number of amides is 1. The normalized spacial score (nSPS) is 14.7. The maximum absolute atomic E-state index is 13.4. The lowest BCUT2D eigenvalue weighted by Gasteiger charge is -2.48. The first-order chi connectivity index (χ1) is 17.3. The molecule has 1 saturated heterocycles. The van der Waals surface area contributed by atoms with Gasteiger partial charge in [-0.1, -0.05) is 54.4 Å². The minimum atomic E-state index is -0.887. The Labute approximate surface area is 217 Å². The van der Waals surface area contributed by atoms with Gasteiger partial charge in [0.1, 0.15) is 5.54 Å². The number of anilines is 1. The molecule has 2 aromatic carbocycles. The molecular formula is C25H25Cl2N7O2. The van der Waals surface area contributed by atoms with Gasteiger partial charge in [-0.2, -0.15) is 0 Å². The second kappa shape index (κ2) is 9.24. The Hall–Kier alpha value is -3.40. The molecule has 3 N–H and O–H groups in total. The van der Waals surface area contributed by atoms with Crippen LogP contribution in [-0.2, 0) is 11.3 Å². The van der Waals surface area contributed by atoms with Crippen LogP contribution in [0.25, 0.3) is 28.0 Å². The third-order valence-electron chi connectivity index (χ3n) is 6.45. The van der Waals surface area contributed by atoms with Crippen molar-refractivity contribution in [3.63, 3.8) is 0 Å². The highest BCUT2D eigenvalue weighted by Crippen LogP contribution is 2.38. The summed E-state index contributed by atoms with van der Waals surface area (Å²) in [5.74, 6) is -0.0451. The average Bonchev–Trinajstić information content (AvgIpc) is 3.17. The van der Waals surface area contributed by atoms with Gasteiger partial charge >= 0.3 is 5.69 Å². The van der Waals surface area contributed by atoms with Gasteiger partial charge in [-0.15, -0.1) is 5.10 Å². The predicted molar refractivity (Wildman–Crippen MR) is 142 cm³/mol. The third-order valence-corrected chi connectivity index (χ3v) is 6.96. The maximum Gasteiger partial charge on any atom is 0.353 e. The summed E-state index contributed by atoms with van der Waals surface area (Å²) in [6.45, 7) is 5.30. The minimum absolute atomic E-state index is 0.280. The zero-order valence-electron chi connectivity index (χ0n) is 19.8. The van der Waals surface area contributed by atoms with Gasteiger partial charge in [0, 0.05) is 35.2 Å². The predicted octanol–water partition coefficient (Wildman–Crippen LogP) is 3.21. The fraction of sp³-hybridized carbons (Fsp3) is 0.280. The van der Waals surface area contributed by atoms with E-state index in [4.69, 9.17) is 33.9 Å². The first-order valence-electron chi connectivity index (χ1n) is 11.6. The number of likely N-dealkylation sites (N-methyl/N-ethyl adjacent to an activating group) is 1. The van der Waals surface area contributed by atoms with Gasteiger partial charge in [-0.25, -0.2) is 18.9 Å². The van der Waals surface area contributed by atoms with Crippen LogP contribution in [0.15, 0.2) is 53.3 Å². The van der Waals surface area contributed by atoms with Gasteiger partial charge in [0.2, 0.25) is 11.9 Å². The lowest BCUT2D eigenvalue weighted by molar-refractivity contribution is -0.125. The van der Waals surface area contributed by atoms with E-state index in [1.165, 1.54) is 9.08 Å². The summed E-state index contributed by atoms with van der Waals surface area (Å²) < 4.78 is 2.90. The molecule has 36 heavy (non-hydrogen) atoms. The van der Waals surface area contributed by atoms with E-state index >= 15 is 0 Å². The first kappa shape index (κ1) is 24.3. The zero-order chi connectivity index (χ0) is 25.6. The van der Waals surface area contributed by atoms with Crippen molar-refractivity contribution in [3.8, 4) is 22.4 Å². The van der Waals surface area contributed by atoms with Crippen molar-refractivity contribution in [2.45, 2.75) is 25.9 Å². The number of hydrogen-bond acceptors (Lipinski definition) is 6. The first-order valence-corrected chi connectivity index (χ1v) is 12.4. The Bertz CT molecular complexity index is 1500. The van der Waals surface area contributed by atoms with Crippen LogP contribution in [0.4, 0.5) is 5.95 Å². The van der Waals surface area contributed by atoms with Crippen molar-refractivity contribution in [1.29, 1.82) is 0 Å². The van der Waals surface area contributed by atoms with Crippen LogP contribution < -0.4 is 21.6 Å². The van der Waals surface area contributed by atoms with Crippen molar-refractivity contribution < 1.29 is 4.79 Å². The standard InChI is InChI=1S/C25H25Cl2N7O2/c1-3-29-25(22(28)35)13-32(14-25)23-30-20(16-7-11-18(27)12-8-16)19(15-5-9-17(26)10-6-15)21-31-33(4-2)24(36)34(21)23/h5-12,29H,3-4,13-14H2,1-2H3,(H2,28,35). The summed E-state index contributed by atoms with van der Waals surface area (Å²) in [7, 11) is 0. The fourth-order valence-corrected chi connectivity index (χ4v) is 4.87. The van der Waals surface area contributed by atoms with E-state index in [0.29, 0.717) is 46.0 Å². The van der Waals surface area contributed by atoms with Crippen molar-refractivity contribution in [2.24, 2.45) is 5.73 Å². The lowest BCUT2D eigenvalue weighted by atomic mass is 9.89. The van der Waals surface area contributed by atoms with E-state index in [9.17, 15) is 9.59 Å². The van der Waals surface area contributed by atoms with E-state index in [-0.39, 0.29) is 18.8 Å². The molecule has 186 valence electrons. The van der Waals surface area contributed by atoms with Gasteiger partial charge in [0.15, 0.2) is 5.65 Å². The smallest absolute Gasteiger partial charge is 0.353 e. The zero-order valence-corrected chi connectivity index (χ0v) is 21.3. The van der Waals surface area contributed by atoms with Crippen LogP contribution in [0.3, 0.4) is 0 Å². The lowest BCUT2D eigenvalue weighted by Crippen LogP contribution is -2.75. The molecule has 0 unspecified atom stereocenters. The number of aryl methyl sites for hydroxylation is 1. The van der Waals surface area contributed by atoms with Gasteiger partial charge < -0.3 is 16.0 Å². The molecule has 3 heterocycles. The fourth-order valence-electron chi connectivity index (χ4n) is 4.62. The monoisotopic (exact) mass is 525 g/mol. The van der Waals surface area contributed by atoms with Crippen LogP contribution >= 0.6 is 23.2 Å². The molecule has 1 aliphatic rings. The molecule has 4 aromatic rings. The quantitative estimate of drug-likeness (QED) is 0.383. The second-order valence-electron chi connectivity index (χ2n) is 8.74. The van der Waals surface area contributed by atoms with E-state index < -0.39 is 11.4 Å². The number of carbonyl (C=O) groups excluding carboxylic acids is 1. The molecule has 1 fully saturated rings. The van der Waals surface area contributed by atoms with Crippen LogP contribution in [0.1, 0.15) is 13.8 Å². The Morgan fingerprint density at radius 3 is 2.14 bits per heavy atom. The maximum atomic E-state index is 13.4. The number of aromatic nitrogens is 4. The number of rotatable bonds is 7. The number of halogens is 2. The molecule has 0 spiro atoms. The second-order valence-corrected chi connectivity index (χ2v) is 9.61. The van der Waals surface area contributed by atoms with Crippen LogP contribution in [-0.4, -0.2) is 50.2 Å². The number of nitrogens with two attached hydrogens (primary N) is 1. The number of benzene rings is 2. The summed E-state index contributed by atoms with van der Waals surface area (Å²) in [6.07, 6.45) is 0. The number of nitrogens with zero attached hydrogens (tertiary/aromatic N) is 5. The highest BCUT2D eigenvalue weighted by atomic mass is 35.5. The highest BCUT2D eigenvalue weighted by molar-refractivity contribution is 6.31. The number of hydrogen-bond donors (Lipinski definition) is 2. The summed E-state index contributed by atoms with van der Waals surface area (Å²) in [5, 5.41) is 9.06. The molecule has 0 saturated carbocycles. The Morgan fingerprint density at radius 2 is 1.61 bits per heavy atom. The number of carbonyl (C=O) groups is 1. The molecule has 0 radical (unpaired) electrons. The van der Waals surface area contributed by atoms with E-state index in [2.05, 4.69) is 10.4 Å². The Balaban J connectivity index is 1.79. The Kier molecular flexibility index (Phi) is 6.23. The molecule has 0 aliphatic carbocycles. The van der Waals surface area contributed by atoms with Gasteiger partial charge in [-0.05, 0) is 43.3 Å². The molecule has 2 aromatic heterocycles. The van der Waals surface area contributed by atoms with E-state index in [1.54, 1.807) is 24.3 Å². The molecular weight excluding hydrogens is 501 g/mol. The summed E-state index contributed by atoms with van der Waals surface area (Å²) in [5.41, 5.74) is 7.91. The van der Waals surface area contributed by atoms with E-state index in [1.807, 2.05) is 43.0 Å². The molecule has 0 bridgehead atoms. The van der Waals surface area contributed by atoms with Crippen LogP contribution in [0.2, 0.25) is 10.0 Å². The van der Waals surface area contributed by atoms with Crippen LogP contribution in [0, 0.1) is 0 Å². The molecule has 1 amide bonds. The van der Waals surface area contributed by atoms with Crippen LogP contribution in [0.5, 0.6) is 0 Å². The summed E-state index contributed by atoms with van der Waals surface area (Å²) in [6, 6.07) is 14.7. The number of nitrogens with one attached hydrogen (secondary N) is 1. The molecule has 5 rings (SSSR count). The third kappa shape index (κ3) is 3.93. The van der Waals surface area contributed by atoms with Crippen molar-refractivity contribution in [1.82, 2.24) is 24.5 Å². The van der Waals surface area contributed by atoms with Gasteiger partial charge in [-0.3, -0.25) is 4.79 Å². The number of fused-ring (bicyclic) bond motifs is 1. The van der Waals surface area contributed by atoms with Crippen molar-refractivity contribution in [2.75, 3.05) is 24.5 Å². The summed E-state index contributed by atoms with van der Waals surface area (Å²) in [4.78, 5) is 32.5. The molecule has 11 heteroatoms.